The highest BCUT2D eigenvalue weighted by molar-refractivity contribution is 7.98. The van der Waals surface area contributed by atoms with Crippen LogP contribution in [0.5, 0.6) is 5.75 Å². The number of amides is 2. The molecule has 2 aromatic heterocycles. The minimum absolute atomic E-state index is 0.0135. The van der Waals surface area contributed by atoms with Crippen molar-refractivity contribution in [3.05, 3.63) is 42.2 Å². The van der Waals surface area contributed by atoms with Gasteiger partial charge in [0.2, 0.25) is 5.91 Å². The Kier molecular flexibility index (Phi) is 9.37. The maximum absolute atomic E-state index is 13.6. The highest BCUT2D eigenvalue weighted by Crippen LogP contribution is 2.44. The monoisotopic (exact) mass is 667 g/mol. The third kappa shape index (κ3) is 7.20. The lowest BCUT2D eigenvalue weighted by Crippen LogP contribution is -2.47. The number of piperidine rings is 1. The fraction of sp³-hybridized carbons (Fsp3) is 0.469. The number of alkyl halides is 2. The first-order chi connectivity index (χ1) is 22.6. The van der Waals surface area contributed by atoms with E-state index in [1.165, 1.54) is 28.7 Å². The molecule has 2 amide bonds. The van der Waals surface area contributed by atoms with Crippen LogP contribution in [0, 0.1) is 10.8 Å². The van der Waals surface area contributed by atoms with E-state index in [2.05, 4.69) is 32.8 Å². The fourth-order valence-electron chi connectivity index (χ4n) is 6.19. The molecule has 2 aliphatic heterocycles. The highest BCUT2D eigenvalue weighted by Gasteiger charge is 2.42. The number of carbonyl (C=O) groups is 2. The van der Waals surface area contributed by atoms with E-state index < -0.39 is 12.5 Å². The van der Waals surface area contributed by atoms with Crippen LogP contribution in [0.4, 0.5) is 20.3 Å². The third-order valence-electron chi connectivity index (χ3n) is 9.09. The number of hydrogen-bond donors (Lipinski definition) is 3. The summed E-state index contributed by atoms with van der Waals surface area (Å²) in [5.74, 6) is -0.191. The maximum atomic E-state index is 13.6. The first kappa shape index (κ1) is 32.7. The second kappa shape index (κ2) is 13.5. The van der Waals surface area contributed by atoms with E-state index in [4.69, 9.17) is 10.1 Å². The number of nitrogens with one attached hydrogen (secondary N) is 3. The first-order valence-corrected chi connectivity index (χ1v) is 16.8. The van der Waals surface area contributed by atoms with Gasteiger partial charge in [-0.25, -0.2) is 4.68 Å². The summed E-state index contributed by atoms with van der Waals surface area (Å²) in [5, 5.41) is 22.7. The standard InChI is InChI=1S/C32H39F2N9O3S/c1-20-6-13-43-29(37-20)24(15-36-43)30(45)38-25-16-42(39-28(25)23-14-22(47-3)4-5-26(23)46-31(33)34)17-27(44)41-11-7-21(8-12-41)40(2)19-32(18-35)9-10-32/h4-6,13-16,18,20-21,31,35,37H,7-12,17,19H2,1-3H3,(H,38,45). The summed E-state index contributed by atoms with van der Waals surface area (Å²) in [5.41, 5.74) is 0.998. The van der Waals surface area contributed by atoms with Crippen LogP contribution in [0.2, 0.25) is 0 Å². The van der Waals surface area contributed by atoms with Crippen molar-refractivity contribution >= 4 is 47.5 Å². The van der Waals surface area contributed by atoms with Gasteiger partial charge in [0.25, 0.3) is 5.91 Å². The average molecular weight is 668 g/mol. The van der Waals surface area contributed by atoms with Crippen molar-refractivity contribution in [2.45, 2.75) is 62.7 Å². The van der Waals surface area contributed by atoms with Crippen molar-refractivity contribution in [2.75, 3.05) is 43.6 Å². The molecule has 3 aliphatic rings. The molecule has 250 valence electrons. The zero-order valence-electron chi connectivity index (χ0n) is 26.6. The van der Waals surface area contributed by atoms with Crippen LogP contribution in [0.1, 0.15) is 43.0 Å². The molecule has 3 N–H and O–H groups in total. The van der Waals surface area contributed by atoms with E-state index in [1.54, 1.807) is 35.4 Å². The second-order valence-electron chi connectivity index (χ2n) is 12.4. The van der Waals surface area contributed by atoms with Gasteiger partial charge in [0.05, 0.1) is 11.9 Å². The number of hydrogen-bond acceptors (Lipinski definition) is 9. The van der Waals surface area contributed by atoms with Crippen LogP contribution in [-0.2, 0) is 11.3 Å². The molecule has 3 aromatic rings. The van der Waals surface area contributed by atoms with Crippen molar-refractivity contribution in [1.82, 2.24) is 29.4 Å². The summed E-state index contributed by atoms with van der Waals surface area (Å²) in [6.45, 7) is 0.830. The lowest BCUT2D eigenvalue weighted by molar-refractivity contribution is -0.133. The van der Waals surface area contributed by atoms with Gasteiger partial charge in [-0.05, 0) is 70.2 Å². The second-order valence-corrected chi connectivity index (χ2v) is 13.3. The smallest absolute Gasteiger partial charge is 0.387 e. The quantitative estimate of drug-likeness (QED) is 0.182. The topological polar surface area (TPSA) is 133 Å². The van der Waals surface area contributed by atoms with Gasteiger partial charge in [0.15, 0.2) is 0 Å². The Labute approximate surface area is 276 Å². The molecule has 47 heavy (non-hydrogen) atoms. The highest BCUT2D eigenvalue weighted by atomic mass is 32.2. The van der Waals surface area contributed by atoms with Crippen molar-refractivity contribution in [1.29, 1.82) is 5.41 Å². The average Bonchev–Trinajstić information content (AvgIpc) is 3.53. The van der Waals surface area contributed by atoms with Gasteiger partial charge in [0, 0.05) is 66.2 Å². The third-order valence-corrected chi connectivity index (χ3v) is 9.81. The molecule has 15 heteroatoms. The largest absolute Gasteiger partial charge is 0.434 e. The zero-order chi connectivity index (χ0) is 33.3. The van der Waals surface area contributed by atoms with Gasteiger partial charge in [-0.2, -0.15) is 19.0 Å². The van der Waals surface area contributed by atoms with Crippen LogP contribution in [0.25, 0.3) is 17.5 Å². The molecule has 0 bridgehead atoms. The van der Waals surface area contributed by atoms with E-state index in [9.17, 15) is 18.4 Å². The Bertz CT molecular complexity index is 1680. The van der Waals surface area contributed by atoms with E-state index in [0.29, 0.717) is 30.5 Å². The maximum Gasteiger partial charge on any atom is 0.387 e. The van der Waals surface area contributed by atoms with Gasteiger partial charge in [-0.3, -0.25) is 14.3 Å². The van der Waals surface area contributed by atoms with E-state index in [-0.39, 0.29) is 46.6 Å². The van der Waals surface area contributed by atoms with Crippen LogP contribution >= 0.6 is 11.8 Å². The Balaban J connectivity index is 1.23. The number of fused-ring (bicyclic) bond motifs is 1. The molecule has 0 radical (unpaired) electrons. The molecule has 12 nitrogen and oxygen atoms in total. The number of halogens is 2. The summed E-state index contributed by atoms with van der Waals surface area (Å²) in [7, 11) is 2.10. The number of anilines is 2. The van der Waals surface area contributed by atoms with Gasteiger partial charge in [-0.15, -0.1) is 11.8 Å². The molecule has 1 atom stereocenters. The number of ether oxygens (including phenoxy) is 1. The normalized spacial score (nSPS) is 18.6. The molecule has 2 fully saturated rings. The summed E-state index contributed by atoms with van der Waals surface area (Å²) >= 11 is 1.42. The molecule has 1 aromatic carbocycles. The Morgan fingerprint density at radius 1 is 1.30 bits per heavy atom. The van der Waals surface area contributed by atoms with Crippen molar-refractivity contribution in [3.63, 3.8) is 0 Å². The van der Waals surface area contributed by atoms with E-state index in [1.807, 2.05) is 24.2 Å². The van der Waals surface area contributed by atoms with E-state index in [0.717, 1.165) is 37.1 Å². The number of aromatic nitrogens is 4. The number of likely N-dealkylation sites (tertiary alicyclic amines) is 1. The van der Waals surface area contributed by atoms with Crippen molar-refractivity contribution < 1.29 is 23.1 Å². The molecule has 1 aliphatic carbocycles. The number of thioether (sulfide) groups is 1. The van der Waals surface area contributed by atoms with Gasteiger partial charge in [0.1, 0.15) is 29.4 Å². The summed E-state index contributed by atoms with van der Waals surface area (Å²) in [6, 6.07) is 5.12. The molecule has 4 heterocycles. The lowest BCUT2D eigenvalue weighted by atomic mass is 10.0. The number of rotatable bonds is 12. The van der Waals surface area contributed by atoms with Crippen molar-refractivity contribution in [3.8, 4) is 17.0 Å². The Hall–Kier alpha value is -4.24. The molecule has 1 saturated carbocycles. The van der Waals surface area contributed by atoms with Crippen LogP contribution in [0.15, 0.2) is 41.6 Å². The molecule has 6 rings (SSSR count). The number of carbonyl (C=O) groups excluding carboxylic acids is 2. The lowest BCUT2D eigenvalue weighted by Gasteiger charge is -2.37. The summed E-state index contributed by atoms with van der Waals surface area (Å²) in [4.78, 5) is 32.0. The predicted octanol–water partition coefficient (Wildman–Crippen LogP) is 4.96. The van der Waals surface area contributed by atoms with Crippen LogP contribution < -0.4 is 15.4 Å². The molecule has 0 spiro atoms. The van der Waals surface area contributed by atoms with E-state index >= 15 is 0 Å². The predicted molar refractivity (Wildman–Crippen MR) is 177 cm³/mol. The number of benzene rings is 1. The van der Waals surface area contributed by atoms with Gasteiger partial charge >= 0.3 is 6.61 Å². The molecular formula is C32H39F2N9O3S. The molecule has 1 saturated heterocycles. The summed E-state index contributed by atoms with van der Waals surface area (Å²) in [6.07, 6.45) is 13.9. The Morgan fingerprint density at radius 3 is 2.74 bits per heavy atom. The minimum Gasteiger partial charge on any atom is -0.434 e. The van der Waals surface area contributed by atoms with Crippen LogP contribution in [0.3, 0.4) is 0 Å². The first-order valence-electron chi connectivity index (χ1n) is 15.6. The van der Waals surface area contributed by atoms with Crippen LogP contribution in [-0.4, -0.2) is 99.0 Å². The number of nitrogens with zero attached hydrogens (tertiary/aromatic N) is 6. The molecule has 1 unspecified atom stereocenters. The van der Waals surface area contributed by atoms with Gasteiger partial charge < -0.3 is 30.6 Å². The SMILES string of the molecule is CSc1ccc(OC(F)F)c(-c2nn(CC(=O)N3CCC(N(C)CC4(C=N)CC4)CC3)cc2NC(=O)c2cnn3c2NC(C)C=C3)c1. The fourth-order valence-corrected chi connectivity index (χ4v) is 6.63. The summed E-state index contributed by atoms with van der Waals surface area (Å²) < 4.78 is 34.7. The molecular weight excluding hydrogens is 628 g/mol. The van der Waals surface area contributed by atoms with Crippen molar-refractivity contribution in [2.24, 2.45) is 5.41 Å². The zero-order valence-corrected chi connectivity index (χ0v) is 27.4. The minimum atomic E-state index is -3.07. The Morgan fingerprint density at radius 2 is 2.06 bits per heavy atom. The van der Waals surface area contributed by atoms with Gasteiger partial charge in [-0.1, -0.05) is 0 Å².